The second-order valence-corrected chi connectivity index (χ2v) is 6.47. The summed E-state index contributed by atoms with van der Waals surface area (Å²) in [7, 11) is -3.85. The number of nitrogens with two attached hydrogens (primary N) is 1. The standard InChI is InChI=1S/C13H20FN3O3S/c1-3-9(2)17-13(18)6-7-16-21(19,20)10-4-5-12(15)11(14)8-10/h4-5,8-9,16H,3,6-7,15H2,1-2H3,(H,17,18). The van der Waals surface area contributed by atoms with E-state index < -0.39 is 15.8 Å². The number of benzene rings is 1. The lowest BCUT2D eigenvalue weighted by molar-refractivity contribution is -0.121. The third-order valence-electron chi connectivity index (χ3n) is 2.95. The molecule has 118 valence electrons. The summed E-state index contributed by atoms with van der Waals surface area (Å²) in [5.41, 5.74) is 5.16. The minimum Gasteiger partial charge on any atom is -0.396 e. The highest BCUT2D eigenvalue weighted by atomic mass is 32.2. The number of carbonyl (C=O) groups is 1. The van der Waals surface area contributed by atoms with Crippen molar-refractivity contribution in [1.82, 2.24) is 10.0 Å². The largest absolute Gasteiger partial charge is 0.396 e. The average molecular weight is 317 g/mol. The number of anilines is 1. The third-order valence-corrected chi connectivity index (χ3v) is 4.40. The lowest BCUT2D eigenvalue weighted by Crippen LogP contribution is -2.35. The topological polar surface area (TPSA) is 101 Å². The van der Waals surface area contributed by atoms with Gasteiger partial charge < -0.3 is 11.1 Å². The van der Waals surface area contributed by atoms with Gasteiger partial charge in [-0.25, -0.2) is 17.5 Å². The van der Waals surface area contributed by atoms with Crippen molar-refractivity contribution in [1.29, 1.82) is 0 Å². The molecule has 8 heteroatoms. The normalized spacial score (nSPS) is 12.9. The van der Waals surface area contributed by atoms with E-state index in [-0.39, 0.29) is 35.5 Å². The summed E-state index contributed by atoms with van der Waals surface area (Å²) >= 11 is 0. The van der Waals surface area contributed by atoms with Crippen molar-refractivity contribution in [2.75, 3.05) is 12.3 Å². The van der Waals surface area contributed by atoms with Crippen LogP contribution in [-0.2, 0) is 14.8 Å². The molecule has 6 nitrogen and oxygen atoms in total. The molecule has 0 aliphatic heterocycles. The summed E-state index contributed by atoms with van der Waals surface area (Å²) in [5, 5.41) is 2.72. The maximum atomic E-state index is 13.3. The molecular formula is C13H20FN3O3S. The molecule has 0 bridgehead atoms. The van der Waals surface area contributed by atoms with Gasteiger partial charge in [-0.2, -0.15) is 0 Å². The Bertz CT molecular complexity index is 605. The van der Waals surface area contributed by atoms with Crippen molar-refractivity contribution < 1.29 is 17.6 Å². The molecule has 0 heterocycles. The number of nitrogens with one attached hydrogen (secondary N) is 2. The molecule has 1 aromatic rings. The fraction of sp³-hybridized carbons (Fsp3) is 0.462. The van der Waals surface area contributed by atoms with Crippen LogP contribution in [0.5, 0.6) is 0 Å². The molecule has 1 atom stereocenters. The van der Waals surface area contributed by atoms with Gasteiger partial charge in [0, 0.05) is 19.0 Å². The molecule has 21 heavy (non-hydrogen) atoms. The molecule has 0 aliphatic rings. The smallest absolute Gasteiger partial charge is 0.240 e. The van der Waals surface area contributed by atoms with E-state index in [1.165, 1.54) is 12.1 Å². The number of amides is 1. The van der Waals surface area contributed by atoms with Crippen LogP contribution in [0.4, 0.5) is 10.1 Å². The molecule has 0 saturated carbocycles. The van der Waals surface area contributed by atoms with Crippen molar-refractivity contribution in [3.63, 3.8) is 0 Å². The van der Waals surface area contributed by atoms with Crippen LogP contribution in [0.1, 0.15) is 26.7 Å². The number of rotatable bonds is 7. The van der Waals surface area contributed by atoms with Gasteiger partial charge in [0.25, 0.3) is 0 Å². The second kappa shape index (κ2) is 7.37. The highest BCUT2D eigenvalue weighted by Crippen LogP contribution is 2.15. The van der Waals surface area contributed by atoms with Crippen LogP contribution in [0.25, 0.3) is 0 Å². The third kappa shape index (κ3) is 5.31. The van der Waals surface area contributed by atoms with Crippen LogP contribution in [0.15, 0.2) is 23.1 Å². The summed E-state index contributed by atoms with van der Waals surface area (Å²) in [5.74, 6) is -1.04. The maximum Gasteiger partial charge on any atom is 0.240 e. The Labute approximate surface area is 124 Å². The lowest BCUT2D eigenvalue weighted by atomic mass is 10.2. The van der Waals surface area contributed by atoms with Crippen LogP contribution in [0.2, 0.25) is 0 Å². The zero-order valence-electron chi connectivity index (χ0n) is 12.0. The average Bonchev–Trinajstić information content (AvgIpc) is 2.41. The Hall–Kier alpha value is -1.67. The molecule has 0 saturated heterocycles. The van der Waals surface area contributed by atoms with Gasteiger partial charge in [-0.1, -0.05) is 6.92 Å². The Balaban J connectivity index is 2.57. The molecule has 1 unspecified atom stereocenters. The maximum absolute atomic E-state index is 13.3. The number of sulfonamides is 1. The summed E-state index contributed by atoms with van der Waals surface area (Å²) < 4.78 is 39.3. The van der Waals surface area contributed by atoms with E-state index in [1.54, 1.807) is 0 Å². The molecular weight excluding hydrogens is 297 g/mol. The molecule has 0 aromatic heterocycles. The van der Waals surface area contributed by atoms with Gasteiger partial charge in [0.2, 0.25) is 15.9 Å². The van der Waals surface area contributed by atoms with Gasteiger partial charge in [0.05, 0.1) is 10.6 Å². The molecule has 1 rings (SSSR count). The number of hydrogen-bond donors (Lipinski definition) is 3. The van der Waals surface area contributed by atoms with Gasteiger partial charge in [0.1, 0.15) is 5.82 Å². The van der Waals surface area contributed by atoms with E-state index >= 15 is 0 Å². The summed E-state index contributed by atoms with van der Waals surface area (Å²) in [6.45, 7) is 3.74. The first-order valence-corrected chi connectivity index (χ1v) is 8.08. The first-order chi connectivity index (χ1) is 9.76. The molecule has 1 amide bonds. The van der Waals surface area contributed by atoms with Crippen molar-refractivity contribution in [2.45, 2.75) is 37.6 Å². The quantitative estimate of drug-likeness (QED) is 0.653. The monoisotopic (exact) mass is 317 g/mol. The van der Waals surface area contributed by atoms with Crippen molar-refractivity contribution in [2.24, 2.45) is 0 Å². The summed E-state index contributed by atoms with van der Waals surface area (Å²) in [4.78, 5) is 11.3. The van der Waals surface area contributed by atoms with Gasteiger partial charge in [-0.15, -0.1) is 0 Å². The SMILES string of the molecule is CCC(C)NC(=O)CCNS(=O)(=O)c1ccc(N)c(F)c1. The number of hydrogen-bond acceptors (Lipinski definition) is 4. The first kappa shape index (κ1) is 17.4. The van der Waals surface area contributed by atoms with E-state index in [4.69, 9.17) is 5.73 Å². The summed E-state index contributed by atoms with van der Waals surface area (Å²) in [6, 6.07) is 3.27. The van der Waals surface area contributed by atoms with Crippen LogP contribution >= 0.6 is 0 Å². The minimum absolute atomic E-state index is 0.0149. The van der Waals surface area contributed by atoms with Gasteiger partial charge in [-0.05, 0) is 31.5 Å². The fourth-order valence-corrected chi connectivity index (χ4v) is 2.55. The highest BCUT2D eigenvalue weighted by Gasteiger charge is 2.16. The van der Waals surface area contributed by atoms with Crippen LogP contribution in [0, 0.1) is 5.82 Å². The van der Waals surface area contributed by atoms with E-state index in [9.17, 15) is 17.6 Å². The van der Waals surface area contributed by atoms with Crippen molar-refractivity contribution >= 4 is 21.6 Å². The molecule has 0 aliphatic carbocycles. The molecule has 0 fully saturated rings. The second-order valence-electron chi connectivity index (χ2n) is 4.71. The molecule has 1 aromatic carbocycles. The van der Waals surface area contributed by atoms with E-state index in [0.29, 0.717) is 0 Å². The van der Waals surface area contributed by atoms with Crippen molar-refractivity contribution in [3.05, 3.63) is 24.0 Å². The zero-order chi connectivity index (χ0) is 16.0. The Morgan fingerprint density at radius 2 is 2.10 bits per heavy atom. The van der Waals surface area contributed by atoms with E-state index in [0.717, 1.165) is 12.5 Å². The van der Waals surface area contributed by atoms with Crippen LogP contribution in [0.3, 0.4) is 0 Å². The van der Waals surface area contributed by atoms with Crippen LogP contribution in [-0.4, -0.2) is 26.9 Å². The lowest BCUT2D eigenvalue weighted by Gasteiger charge is -2.11. The fourth-order valence-electron chi connectivity index (χ4n) is 1.51. The first-order valence-electron chi connectivity index (χ1n) is 6.60. The van der Waals surface area contributed by atoms with Gasteiger partial charge in [0.15, 0.2) is 0 Å². The predicted octanol–water partition coefficient (Wildman–Crippen LogP) is 0.991. The zero-order valence-corrected chi connectivity index (χ0v) is 12.8. The molecule has 0 radical (unpaired) electrons. The highest BCUT2D eigenvalue weighted by molar-refractivity contribution is 7.89. The molecule has 0 spiro atoms. The minimum atomic E-state index is -3.85. The van der Waals surface area contributed by atoms with Gasteiger partial charge >= 0.3 is 0 Å². The Kier molecular flexibility index (Phi) is 6.10. The summed E-state index contributed by atoms with van der Waals surface area (Å²) in [6.07, 6.45) is 0.809. The molecule has 4 N–H and O–H groups in total. The van der Waals surface area contributed by atoms with Crippen LogP contribution < -0.4 is 15.8 Å². The van der Waals surface area contributed by atoms with E-state index in [2.05, 4.69) is 10.0 Å². The number of carbonyl (C=O) groups excluding carboxylic acids is 1. The predicted molar refractivity (Wildman–Crippen MR) is 78.5 cm³/mol. The Morgan fingerprint density at radius 3 is 2.67 bits per heavy atom. The van der Waals surface area contributed by atoms with Crippen molar-refractivity contribution in [3.8, 4) is 0 Å². The Morgan fingerprint density at radius 1 is 1.43 bits per heavy atom. The van der Waals surface area contributed by atoms with Gasteiger partial charge in [-0.3, -0.25) is 4.79 Å². The van der Waals surface area contributed by atoms with E-state index in [1.807, 2.05) is 13.8 Å². The number of nitrogen functional groups attached to an aromatic ring is 1. The number of halogens is 1.